The maximum atomic E-state index is 10.6. The molecule has 0 saturated carbocycles. The van der Waals surface area contributed by atoms with Gasteiger partial charge in [0.05, 0.1) is 7.11 Å². The van der Waals surface area contributed by atoms with Crippen LogP contribution in [0, 0.1) is 0 Å². The van der Waals surface area contributed by atoms with Crippen molar-refractivity contribution in [1.82, 2.24) is 0 Å². The van der Waals surface area contributed by atoms with Gasteiger partial charge in [-0.2, -0.15) is 0 Å². The van der Waals surface area contributed by atoms with Crippen LogP contribution in [0.3, 0.4) is 0 Å². The molecular formula is C9H15BrO2. The van der Waals surface area contributed by atoms with Gasteiger partial charge in [-0.05, 0) is 19.3 Å². The Morgan fingerprint density at radius 1 is 1.42 bits per heavy atom. The van der Waals surface area contributed by atoms with E-state index in [-0.39, 0.29) is 5.97 Å². The first-order chi connectivity index (χ1) is 5.81. The number of hydrogen-bond donors (Lipinski definition) is 0. The van der Waals surface area contributed by atoms with Crippen LogP contribution in [0.2, 0.25) is 0 Å². The Hall–Kier alpha value is -0.310. The number of methoxy groups -OCH3 is 1. The van der Waals surface area contributed by atoms with Crippen molar-refractivity contribution in [2.45, 2.75) is 25.7 Å². The number of halogens is 1. The minimum atomic E-state index is -0.121. The van der Waals surface area contributed by atoms with E-state index in [4.69, 9.17) is 0 Å². The smallest absolute Gasteiger partial charge is 0.305 e. The number of alkyl halides is 1. The SMILES string of the molecule is COC(=O)CCCC=CCCBr. The normalized spacial score (nSPS) is 10.5. The Balaban J connectivity index is 3.15. The van der Waals surface area contributed by atoms with E-state index < -0.39 is 0 Å². The highest BCUT2D eigenvalue weighted by Crippen LogP contribution is 1.99. The van der Waals surface area contributed by atoms with Gasteiger partial charge in [0.25, 0.3) is 0 Å². The van der Waals surface area contributed by atoms with Gasteiger partial charge in [-0.1, -0.05) is 28.1 Å². The second kappa shape index (κ2) is 8.78. The number of carbonyl (C=O) groups excluding carboxylic acids is 1. The van der Waals surface area contributed by atoms with E-state index in [0.717, 1.165) is 24.6 Å². The zero-order valence-electron chi connectivity index (χ0n) is 7.38. The molecule has 0 amide bonds. The highest BCUT2D eigenvalue weighted by atomic mass is 79.9. The lowest BCUT2D eigenvalue weighted by atomic mass is 10.2. The van der Waals surface area contributed by atoms with Crippen LogP contribution in [0.15, 0.2) is 12.2 Å². The Kier molecular flexibility index (Phi) is 8.56. The maximum Gasteiger partial charge on any atom is 0.305 e. The summed E-state index contributed by atoms with van der Waals surface area (Å²) in [6.45, 7) is 0. The van der Waals surface area contributed by atoms with Gasteiger partial charge in [-0.15, -0.1) is 0 Å². The van der Waals surface area contributed by atoms with Gasteiger partial charge in [0.1, 0.15) is 0 Å². The number of carbonyl (C=O) groups is 1. The van der Waals surface area contributed by atoms with E-state index in [1.807, 2.05) is 0 Å². The van der Waals surface area contributed by atoms with Crippen molar-refractivity contribution in [3.8, 4) is 0 Å². The number of ether oxygens (including phenoxy) is 1. The second-order valence-electron chi connectivity index (χ2n) is 2.42. The standard InChI is InChI=1S/C9H15BrO2/c1-12-9(11)7-5-3-2-4-6-8-10/h2,4H,3,5-8H2,1H3. The van der Waals surface area contributed by atoms with Crippen molar-refractivity contribution < 1.29 is 9.53 Å². The largest absolute Gasteiger partial charge is 0.469 e. The molecule has 0 fully saturated rings. The third-order valence-electron chi connectivity index (χ3n) is 1.42. The molecule has 0 N–H and O–H groups in total. The molecule has 0 unspecified atom stereocenters. The Morgan fingerprint density at radius 3 is 2.67 bits per heavy atom. The van der Waals surface area contributed by atoms with E-state index in [2.05, 4.69) is 32.8 Å². The highest BCUT2D eigenvalue weighted by molar-refractivity contribution is 9.09. The van der Waals surface area contributed by atoms with Crippen LogP contribution < -0.4 is 0 Å². The van der Waals surface area contributed by atoms with E-state index in [9.17, 15) is 4.79 Å². The quantitative estimate of drug-likeness (QED) is 0.306. The molecule has 0 atom stereocenters. The van der Waals surface area contributed by atoms with E-state index in [1.54, 1.807) is 0 Å². The molecule has 3 heteroatoms. The fraction of sp³-hybridized carbons (Fsp3) is 0.667. The minimum absolute atomic E-state index is 0.121. The van der Waals surface area contributed by atoms with Gasteiger partial charge in [0.2, 0.25) is 0 Å². The van der Waals surface area contributed by atoms with Crippen LogP contribution in [0.1, 0.15) is 25.7 Å². The number of allylic oxidation sites excluding steroid dienone is 2. The molecule has 2 nitrogen and oxygen atoms in total. The molecule has 0 aromatic rings. The fourth-order valence-electron chi connectivity index (χ4n) is 0.765. The first-order valence-electron chi connectivity index (χ1n) is 4.09. The van der Waals surface area contributed by atoms with Gasteiger partial charge in [0, 0.05) is 11.8 Å². The lowest BCUT2D eigenvalue weighted by molar-refractivity contribution is -0.140. The van der Waals surface area contributed by atoms with Crippen LogP contribution in [0.4, 0.5) is 0 Å². The maximum absolute atomic E-state index is 10.6. The molecule has 0 heterocycles. The second-order valence-corrected chi connectivity index (χ2v) is 3.21. The van der Waals surface area contributed by atoms with Crippen molar-refractivity contribution in [3.05, 3.63) is 12.2 Å². The monoisotopic (exact) mass is 234 g/mol. The predicted molar refractivity (Wildman–Crippen MR) is 53.4 cm³/mol. The lowest BCUT2D eigenvalue weighted by Gasteiger charge is -1.95. The lowest BCUT2D eigenvalue weighted by Crippen LogP contribution is -1.98. The van der Waals surface area contributed by atoms with Crippen molar-refractivity contribution in [1.29, 1.82) is 0 Å². The van der Waals surface area contributed by atoms with Gasteiger partial charge in [0.15, 0.2) is 0 Å². The number of hydrogen-bond acceptors (Lipinski definition) is 2. The first-order valence-corrected chi connectivity index (χ1v) is 5.21. The molecular weight excluding hydrogens is 220 g/mol. The van der Waals surface area contributed by atoms with Crippen molar-refractivity contribution in [2.24, 2.45) is 0 Å². The molecule has 0 aliphatic heterocycles. The Bertz CT molecular complexity index is 143. The van der Waals surface area contributed by atoms with E-state index >= 15 is 0 Å². The fourth-order valence-corrected chi connectivity index (χ4v) is 1.03. The highest BCUT2D eigenvalue weighted by Gasteiger charge is 1.96. The average Bonchev–Trinajstić information content (AvgIpc) is 2.10. The summed E-state index contributed by atoms with van der Waals surface area (Å²) in [5, 5.41) is 1.00. The summed E-state index contributed by atoms with van der Waals surface area (Å²) in [6, 6.07) is 0. The van der Waals surface area contributed by atoms with E-state index in [0.29, 0.717) is 6.42 Å². The molecule has 0 spiro atoms. The van der Waals surface area contributed by atoms with Gasteiger partial charge >= 0.3 is 5.97 Å². The third-order valence-corrected chi connectivity index (χ3v) is 1.88. The summed E-state index contributed by atoms with van der Waals surface area (Å²) in [7, 11) is 1.42. The zero-order valence-corrected chi connectivity index (χ0v) is 8.97. The third kappa shape index (κ3) is 7.79. The summed E-state index contributed by atoms with van der Waals surface area (Å²) in [6.07, 6.45) is 7.64. The van der Waals surface area contributed by atoms with Crippen molar-refractivity contribution in [3.63, 3.8) is 0 Å². The molecule has 0 rings (SSSR count). The van der Waals surface area contributed by atoms with Gasteiger partial charge in [-0.25, -0.2) is 0 Å². The van der Waals surface area contributed by atoms with Crippen molar-refractivity contribution >= 4 is 21.9 Å². The van der Waals surface area contributed by atoms with Crippen LogP contribution >= 0.6 is 15.9 Å². The molecule has 12 heavy (non-hydrogen) atoms. The van der Waals surface area contributed by atoms with Crippen LogP contribution in [0.25, 0.3) is 0 Å². The molecule has 0 aromatic heterocycles. The van der Waals surface area contributed by atoms with Crippen LogP contribution in [-0.4, -0.2) is 18.4 Å². The molecule has 0 bridgehead atoms. The molecule has 0 aliphatic rings. The summed E-state index contributed by atoms with van der Waals surface area (Å²) < 4.78 is 4.51. The average molecular weight is 235 g/mol. The summed E-state index contributed by atoms with van der Waals surface area (Å²) >= 11 is 3.33. The summed E-state index contributed by atoms with van der Waals surface area (Å²) in [4.78, 5) is 10.6. The Labute approximate surface area is 82.1 Å². The molecule has 0 saturated heterocycles. The molecule has 0 radical (unpaired) electrons. The zero-order chi connectivity index (χ0) is 9.23. The predicted octanol–water partition coefficient (Wildman–Crippen LogP) is 2.67. The topological polar surface area (TPSA) is 26.3 Å². The van der Waals surface area contributed by atoms with Crippen LogP contribution in [-0.2, 0) is 9.53 Å². The Morgan fingerprint density at radius 2 is 2.08 bits per heavy atom. The minimum Gasteiger partial charge on any atom is -0.469 e. The number of rotatable bonds is 6. The molecule has 70 valence electrons. The van der Waals surface area contributed by atoms with Crippen molar-refractivity contribution in [2.75, 3.05) is 12.4 Å². The first kappa shape index (κ1) is 11.7. The van der Waals surface area contributed by atoms with Crippen LogP contribution in [0.5, 0.6) is 0 Å². The van der Waals surface area contributed by atoms with E-state index in [1.165, 1.54) is 7.11 Å². The number of unbranched alkanes of at least 4 members (excludes halogenated alkanes) is 1. The molecule has 0 aromatic carbocycles. The van der Waals surface area contributed by atoms with Gasteiger partial charge < -0.3 is 4.74 Å². The number of esters is 1. The molecule has 0 aliphatic carbocycles. The summed E-state index contributed by atoms with van der Waals surface area (Å²) in [5.41, 5.74) is 0. The van der Waals surface area contributed by atoms with Gasteiger partial charge in [-0.3, -0.25) is 4.79 Å². The summed E-state index contributed by atoms with van der Waals surface area (Å²) in [5.74, 6) is -0.121.